The molecule has 0 amide bonds. The summed E-state index contributed by atoms with van der Waals surface area (Å²) in [6.45, 7) is 17.3. The van der Waals surface area contributed by atoms with Crippen LogP contribution in [0.5, 0.6) is 11.5 Å². The number of para-hydroxylation sites is 1. The van der Waals surface area contributed by atoms with Crippen molar-refractivity contribution in [3.63, 3.8) is 0 Å². The van der Waals surface area contributed by atoms with E-state index in [9.17, 15) is 0 Å². The van der Waals surface area contributed by atoms with Gasteiger partial charge >= 0.3 is 0 Å². The Balaban J connectivity index is 1.70. The number of ether oxygens (including phenoxy) is 2. The average molecular weight is 475 g/mol. The Morgan fingerprint density at radius 1 is 0.583 bits per heavy atom. The molecule has 0 aliphatic heterocycles. The molecule has 4 rings (SSSR count). The summed E-state index contributed by atoms with van der Waals surface area (Å²) in [5.74, 6) is 1.76. The molecular weight excluding hydrogens is 440 g/mol. The first kappa shape index (κ1) is 25.1. The smallest absolute Gasteiger partial charge is 0.131 e. The van der Waals surface area contributed by atoms with E-state index in [2.05, 4.69) is 102 Å². The van der Waals surface area contributed by atoms with Crippen molar-refractivity contribution in [2.24, 2.45) is 0 Å². The number of rotatable bonds is 9. The van der Waals surface area contributed by atoms with E-state index in [0.717, 1.165) is 50.4 Å². The van der Waals surface area contributed by atoms with E-state index in [4.69, 9.17) is 9.47 Å². The van der Waals surface area contributed by atoms with Crippen LogP contribution in [0, 0.1) is 27.7 Å². The molecular formula is C34H34O2. The monoisotopic (exact) mass is 474 g/mol. The summed E-state index contributed by atoms with van der Waals surface area (Å²) in [6.07, 6.45) is 3.70. The standard InChI is InChI=1S/C34H34O2/c1-7-27-13-17-29(18-14-27)21-35-32-12-10-9-11-31(32)33-25(5)23(3)24(4)26(6)34(33)36-22-30-19-15-28(8-2)16-20-30/h7-20H,1-2,21-22H2,3-6H3. The summed E-state index contributed by atoms with van der Waals surface area (Å²) in [5.41, 5.74) is 11.5. The van der Waals surface area contributed by atoms with Gasteiger partial charge in [0.2, 0.25) is 0 Å². The predicted octanol–water partition coefficient (Wildman–Crippen LogP) is 9.03. The van der Waals surface area contributed by atoms with Gasteiger partial charge in [0.05, 0.1) is 0 Å². The van der Waals surface area contributed by atoms with Crippen LogP contribution in [0.2, 0.25) is 0 Å². The van der Waals surface area contributed by atoms with Gasteiger partial charge in [0.1, 0.15) is 24.7 Å². The Hall–Kier alpha value is -4.04. The van der Waals surface area contributed by atoms with Gasteiger partial charge in [0.25, 0.3) is 0 Å². The molecule has 0 saturated heterocycles. The first-order valence-electron chi connectivity index (χ1n) is 12.3. The van der Waals surface area contributed by atoms with E-state index in [1.165, 1.54) is 16.7 Å². The van der Waals surface area contributed by atoms with Crippen LogP contribution in [0.15, 0.2) is 86.0 Å². The van der Waals surface area contributed by atoms with Crippen LogP contribution in [0.1, 0.15) is 44.5 Å². The number of hydrogen-bond donors (Lipinski definition) is 0. The van der Waals surface area contributed by atoms with E-state index in [1.54, 1.807) is 0 Å². The highest BCUT2D eigenvalue weighted by atomic mass is 16.5. The highest BCUT2D eigenvalue weighted by Crippen LogP contribution is 2.44. The van der Waals surface area contributed by atoms with Crippen molar-refractivity contribution in [3.8, 4) is 22.6 Å². The molecule has 0 bridgehead atoms. The summed E-state index contributed by atoms with van der Waals surface area (Å²) < 4.78 is 12.9. The van der Waals surface area contributed by atoms with Crippen molar-refractivity contribution < 1.29 is 9.47 Å². The van der Waals surface area contributed by atoms with Crippen LogP contribution in [0.25, 0.3) is 23.3 Å². The minimum absolute atomic E-state index is 0.489. The fourth-order valence-corrected chi connectivity index (χ4v) is 4.40. The maximum atomic E-state index is 6.55. The zero-order chi connectivity index (χ0) is 25.7. The lowest BCUT2D eigenvalue weighted by Crippen LogP contribution is -2.05. The van der Waals surface area contributed by atoms with Crippen LogP contribution in [-0.2, 0) is 13.2 Å². The molecule has 0 unspecified atom stereocenters. The normalized spacial score (nSPS) is 10.7. The highest BCUT2D eigenvalue weighted by Gasteiger charge is 2.21. The van der Waals surface area contributed by atoms with Gasteiger partial charge in [0, 0.05) is 11.1 Å². The van der Waals surface area contributed by atoms with Crippen molar-refractivity contribution in [3.05, 3.63) is 130 Å². The quantitative estimate of drug-likeness (QED) is 0.241. The largest absolute Gasteiger partial charge is 0.488 e. The first-order chi connectivity index (χ1) is 17.4. The van der Waals surface area contributed by atoms with Crippen LogP contribution in [-0.4, -0.2) is 0 Å². The fourth-order valence-electron chi connectivity index (χ4n) is 4.40. The zero-order valence-corrected chi connectivity index (χ0v) is 21.7. The van der Waals surface area contributed by atoms with E-state index < -0.39 is 0 Å². The average Bonchev–Trinajstić information content (AvgIpc) is 2.92. The van der Waals surface area contributed by atoms with Gasteiger partial charge < -0.3 is 9.47 Å². The van der Waals surface area contributed by atoms with Gasteiger partial charge in [0.15, 0.2) is 0 Å². The lowest BCUT2D eigenvalue weighted by molar-refractivity contribution is 0.301. The SMILES string of the molecule is C=Cc1ccc(COc2ccccc2-c2c(C)c(C)c(C)c(C)c2OCc2ccc(C=C)cc2)cc1. The van der Waals surface area contributed by atoms with Crippen molar-refractivity contribution in [1.82, 2.24) is 0 Å². The number of hydrogen-bond acceptors (Lipinski definition) is 2. The summed E-state index contributed by atoms with van der Waals surface area (Å²) >= 11 is 0. The van der Waals surface area contributed by atoms with Crippen LogP contribution in [0.3, 0.4) is 0 Å². The summed E-state index contributed by atoms with van der Waals surface area (Å²) in [4.78, 5) is 0. The molecule has 0 heterocycles. The molecule has 0 N–H and O–H groups in total. The van der Waals surface area contributed by atoms with Crippen LogP contribution in [0.4, 0.5) is 0 Å². The van der Waals surface area contributed by atoms with Crippen molar-refractivity contribution in [1.29, 1.82) is 0 Å². The third-order valence-electron chi connectivity index (χ3n) is 6.99. The Morgan fingerprint density at radius 3 is 1.64 bits per heavy atom. The Morgan fingerprint density at radius 2 is 1.08 bits per heavy atom. The second kappa shape index (κ2) is 11.1. The van der Waals surface area contributed by atoms with Crippen molar-refractivity contribution in [2.45, 2.75) is 40.9 Å². The maximum Gasteiger partial charge on any atom is 0.131 e. The second-order valence-corrected chi connectivity index (χ2v) is 9.17. The Kier molecular flexibility index (Phi) is 7.75. The molecule has 182 valence electrons. The van der Waals surface area contributed by atoms with Gasteiger partial charge in [-0.1, -0.05) is 92.0 Å². The van der Waals surface area contributed by atoms with Crippen LogP contribution < -0.4 is 9.47 Å². The van der Waals surface area contributed by atoms with E-state index >= 15 is 0 Å². The van der Waals surface area contributed by atoms with E-state index in [1.807, 2.05) is 24.3 Å². The van der Waals surface area contributed by atoms with E-state index in [-0.39, 0.29) is 0 Å². The van der Waals surface area contributed by atoms with Gasteiger partial charge in [-0.05, 0) is 78.3 Å². The van der Waals surface area contributed by atoms with Crippen LogP contribution >= 0.6 is 0 Å². The lowest BCUT2D eigenvalue weighted by atomic mass is 9.89. The van der Waals surface area contributed by atoms with Gasteiger partial charge in [-0.3, -0.25) is 0 Å². The van der Waals surface area contributed by atoms with Gasteiger partial charge in [-0.2, -0.15) is 0 Å². The molecule has 2 heteroatoms. The maximum absolute atomic E-state index is 6.55. The lowest BCUT2D eigenvalue weighted by Gasteiger charge is -2.23. The molecule has 0 aliphatic carbocycles. The zero-order valence-electron chi connectivity index (χ0n) is 21.7. The molecule has 4 aromatic carbocycles. The molecule has 0 radical (unpaired) electrons. The molecule has 0 atom stereocenters. The fraction of sp³-hybridized carbons (Fsp3) is 0.176. The Labute approximate surface area is 215 Å². The summed E-state index contributed by atoms with van der Waals surface area (Å²) in [6, 6.07) is 24.8. The molecule has 0 aromatic heterocycles. The molecule has 0 saturated carbocycles. The molecule has 2 nitrogen and oxygen atoms in total. The Bertz CT molecular complexity index is 1380. The minimum Gasteiger partial charge on any atom is -0.488 e. The second-order valence-electron chi connectivity index (χ2n) is 9.17. The topological polar surface area (TPSA) is 18.5 Å². The molecule has 36 heavy (non-hydrogen) atoms. The first-order valence-corrected chi connectivity index (χ1v) is 12.3. The summed E-state index contributed by atoms with van der Waals surface area (Å²) in [5, 5.41) is 0. The third kappa shape index (κ3) is 5.28. The number of benzene rings is 4. The molecule has 0 fully saturated rings. The van der Waals surface area contributed by atoms with Crippen molar-refractivity contribution in [2.75, 3.05) is 0 Å². The van der Waals surface area contributed by atoms with E-state index in [0.29, 0.717) is 13.2 Å². The molecule has 0 aliphatic rings. The minimum atomic E-state index is 0.489. The van der Waals surface area contributed by atoms with Gasteiger partial charge in [-0.15, -0.1) is 0 Å². The molecule has 4 aromatic rings. The highest BCUT2D eigenvalue weighted by molar-refractivity contribution is 5.82. The summed E-state index contributed by atoms with van der Waals surface area (Å²) in [7, 11) is 0. The van der Waals surface area contributed by atoms with Gasteiger partial charge in [-0.25, -0.2) is 0 Å². The predicted molar refractivity (Wildman–Crippen MR) is 153 cm³/mol. The van der Waals surface area contributed by atoms with Crippen molar-refractivity contribution >= 4 is 12.2 Å². The third-order valence-corrected chi connectivity index (χ3v) is 6.99. The molecule has 0 spiro atoms.